The highest BCUT2D eigenvalue weighted by molar-refractivity contribution is 7.10. The maximum Gasteiger partial charge on any atom is 0.314 e. The molecule has 0 saturated carbocycles. The second-order valence-electron chi connectivity index (χ2n) is 5.67. The van der Waals surface area contributed by atoms with E-state index in [9.17, 15) is 9.59 Å². The molecule has 0 aromatic carbocycles. The lowest BCUT2D eigenvalue weighted by atomic mass is 10.2. The molecule has 1 saturated heterocycles. The van der Waals surface area contributed by atoms with Crippen molar-refractivity contribution in [3.05, 3.63) is 34.2 Å². The average molecular weight is 364 g/mol. The van der Waals surface area contributed by atoms with E-state index in [1.807, 2.05) is 17.5 Å². The van der Waals surface area contributed by atoms with Crippen LogP contribution in [0.1, 0.15) is 16.7 Å². The van der Waals surface area contributed by atoms with Gasteiger partial charge < -0.3 is 14.6 Å². The number of thiophene rings is 1. The number of carbonyl (C=O) groups excluding carboxylic acids is 2. The van der Waals surface area contributed by atoms with Gasteiger partial charge >= 0.3 is 11.8 Å². The van der Waals surface area contributed by atoms with E-state index in [4.69, 9.17) is 9.26 Å². The molecule has 0 bridgehead atoms. The summed E-state index contributed by atoms with van der Waals surface area (Å²) in [6.07, 6.45) is 0. The third kappa shape index (κ3) is 4.65. The Kier molecular flexibility index (Phi) is 5.79. The number of nitrogens with zero attached hydrogens (tertiary/aromatic N) is 2. The Labute approximate surface area is 149 Å². The number of amides is 2. The van der Waals surface area contributed by atoms with Crippen LogP contribution in [0.5, 0.6) is 0 Å². The normalized spacial score (nSPS) is 16.4. The Morgan fingerprint density at radius 1 is 1.36 bits per heavy atom. The predicted molar refractivity (Wildman–Crippen MR) is 92.3 cm³/mol. The van der Waals surface area contributed by atoms with Gasteiger partial charge in [-0.3, -0.25) is 19.8 Å². The molecule has 1 atom stereocenters. The molecule has 25 heavy (non-hydrogen) atoms. The molecule has 1 aliphatic rings. The Morgan fingerprint density at radius 3 is 2.80 bits per heavy atom. The van der Waals surface area contributed by atoms with Crippen LogP contribution in [0.25, 0.3) is 0 Å². The molecule has 3 heterocycles. The summed E-state index contributed by atoms with van der Waals surface area (Å²) in [4.78, 5) is 27.5. The molecule has 8 nitrogen and oxygen atoms in total. The minimum Gasteiger partial charge on any atom is -0.379 e. The number of hydrogen-bond donors (Lipinski definition) is 2. The third-order valence-corrected chi connectivity index (χ3v) is 4.86. The Bertz CT molecular complexity index is 710. The molecule has 3 rings (SSSR count). The van der Waals surface area contributed by atoms with Crippen LogP contribution in [0.3, 0.4) is 0 Å². The zero-order chi connectivity index (χ0) is 17.6. The molecule has 134 valence electrons. The number of anilines is 1. The Hall–Kier alpha value is -2.23. The summed E-state index contributed by atoms with van der Waals surface area (Å²) in [5.41, 5.74) is 0. The van der Waals surface area contributed by atoms with Crippen LogP contribution in [-0.2, 0) is 14.3 Å². The van der Waals surface area contributed by atoms with E-state index in [0.29, 0.717) is 25.5 Å². The molecular weight excluding hydrogens is 344 g/mol. The fraction of sp³-hybridized carbons (Fsp3) is 0.438. The monoisotopic (exact) mass is 364 g/mol. The van der Waals surface area contributed by atoms with Gasteiger partial charge in [-0.1, -0.05) is 11.2 Å². The molecule has 0 radical (unpaired) electrons. The van der Waals surface area contributed by atoms with Gasteiger partial charge in [-0.2, -0.15) is 0 Å². The first-order valence-corrected chi connectivity index (χ1v) is 8.89. The summed E-state index contributed by atoms with van der Waals surface area (Å²) < 4.78 is 10.3. The fourth-order valence-electron chi connectivity index (χ4n) is 2.65. The molecule has 2 N–H and O–H groups in total. The Balaban J connectivity index is 1.58. The molecule has 1 fully saturated rings. The van der Waals surface area contributed by atoms with Crippen LogP contribution < -0.4 is 10.6 Å². The van der Waals surface area contributed by atoms with Gasteiger partial charge in [0.25, 0.3) is 0 Å². The first-order chi connectivity index (χ1) is 12.1. The van der Waals surface area contributed by atoms with Gasteiger partial charge in [-0.25, -0.2) is 0 Å². The van der Waals surface area contributed by atoms with E-state index in [-0.39, 0.29) is 11.9 Å². The number of aryl methyl sites for hydroxylation is 1. The molecule has 2 amide bonds. The number of rotatable bonds is 5. The van der Waals surface area contributed by atoms with Crippen LogP contribution in [0.4, 0.5) is 5.82 Å². The summed E-state index contributed by atoms with van der Waals surface area (Å²) in [6, 6.07) is 5.59. The van der Waals surface area contributed by atoms with Crippen LogP contribution in [0, 0.1) is 6.92 Å². The van der Waals surface area contributed by atoms with Crippen LogP contribution in [0.15, 0.2) is 28.1 Å². The third-order valence-electron chi connectivity index (χ3n) is 3.89. The maximum absolute atomic E-state index is 12.1. The zero-order valence-corrected chi connectivity index (χ0v) is 14.7. The Morgan fingerprint density at radius 2 is 2.16 bits per heavy atom. The van der Waals surface area contributed by atoms with Crippen molar-refractivity contribution in [3.63, 3.8) is 0 Å². The number of nitrogens with one attached hydrogen (secondary N) is 2. The van der Waals surface area contributed by atoms with Gasteiger partial charge in [0.15, 0.2) is 5.82 Å². The largest absolute Gasteiger partial charge is 0.379 e. The van der Waals surface area contributed by atoms with Crippen molar-refractivity contribution in [2.75, 3.05) is 38.2 Å². The first-order valence-electron chi connectivity index (χ1n) is 8.01. The van der Waals surface area contributed by atoms with E-state index in [0.717, 1.165) is 18.0 Å². The summed E-state index contributed by atoms with van der Waals surface area (Å²) in [5.74, 6) is -0.683. The number of hydrogen-bond acceptors (Lipinski definition) is 7. The predicted octanol–water partition coefficient (Wildman–Crippen LogP) is 1.17. The van der Waals surface area contributed by atoms with Crippen LogP contribution in [-0.4, -0.2) is 54.7 Å². The van der Waals surface area contributed by atoms with Gasteiger partial charge in [0.1, 0.15) is 5.76 Å². The van der Waals surface area contributed by atoms with E-state index in [1.54, 1.807) is 24.3 Å². The highest BCUT2D eigenvalue weighted by Crippen LogP contribution is 2.25. The lowest BCUT2D eigenvalue weighted by molar-refractivity contribution is -0.136. The molecule has 9 heteroatoms. The smallest absolute Gasteiger partial charge is 0.314 e. The molecule has 0 unspecified atom stereocenters. The highest BCUT2D eigenvalue weighted by atomic mass is 32.1. The molecule has 2 aromatic heterocycles. The van der Waals surface area contributed by atoms with Gasteiger partial charge in [0.05, 0.1) is 19.3 Å². The average Bonchev–Trinajstić information content (AvgIpc) is 3.28. The number of carbonyl (C=O) groups is 2. The van der Waals surface area contributed by atoms with Gasteiger partial charge in [0, 0.05) is 30.6 Å². The van der Waals surface area contributed by atoms with Gasteiger partial charge in [-0.05, 0) is 18.4 Å². The lowest BCUT2D eigenvalue weighted by Gasteiger charge is -2.34. The molecule has 0 aliphatic carbocycles. The van der Waals surface area contributed by atoms with Crippen molar-refractivity contribution in [3.8, 4) is 0 Å². The second kappa shape index (κ2) is 8.24. The molecule has 1 aliphatic heterocycles. The van der Waals surface area contributed by atoms with Crippen molar-refractivity contribution < 1.29 is 18.8 Å². The van der Waals surface area contributed by atoms with Crippen molar-refractivity contribution in [1.29, 1.82) is 0 Å². The van der Waals surface area contributed by atoms with Crippen molar-refractivity contribution >= 4 is 29.0 Å². The van der Waals surface area contributed by atoms with Crippen molar-refractivity contribution in [2.24, 2.45) is 0 Å². The quantitative estimate of drug-likeness (QED) is 0.773. The van der Waals surface area contributed by atoms with Crippen molar-refractivity contribution in [2.45, 2.75) is 13.0 Å². The summed E-state index contributed by atoms with van der Waals surface area (Å²) in [5, 5.41) is 10.8. The van der Waals surface area contributed by atoms with Gasteiger partial charge in [0.2, 0.25) is 0 Å². The van der Waals surface area contributed by atoms with E-state index >= 15 is 0 Å². The minimum absolute atomic E-state index is 0.0231. The lowest BCUT2D eigenvalue weighted by Crippen LogP contribution is -2.45. The van der Waals surface area contributed by atoms with Crippen molar-refractivity contribution in [1.82, 2.24) is 15.4 Å². The standard InChI is InChI=1S/C16H20N4O4S/c1-11-9-14(19-24-11)18-16(22)15(21)17-10-12(13-3-2-8-25-13)20-4-6-23-7-5-20/h2-3,8-9,12H,4-7,10H2,1H3,(H,17,21)(H,18,19,22)/t12-/m0/s1. The SMILES string of the molecule is Cc1cc(NC(=O)C(=O)NC[C@@H](c2cccs2)N2CCOCC2)no1. The minimum atomic E-state index is -0.764. The summed E-state index contributed by atoms with van der Waals surface area (Å²) in [7, 11) is 0. The van der Waals surface area contributed by atoms with E-state index in [1.165, 1.54) is 0 Å². The summed E-state index contributed by atoms with van der Waals surface area (Å²) >= 11 is 1.63. The zero-order valence-electron chi connectivity index (χ0n) is 13.9. The first kappa shape index (κ1) is 17.6. The number of morpholine rings is 1. The topological polar surface area (TPSA) is 96.7 Å². The maximum atomic E-state index is 12.1. The second-order valence-corrected chi connectivity index (χ2v) is 6.65. The fourth-order valence-corrected chi connectivity index (χ4v) is 3.51. The van der Waals surface area contributed by atoms with E-state index in [2.05, 4.69) is 20.7 Å². The van der Waals surface area contributed by atoms with E-state index < -0.39 is 11.8 Å². The molecular formula is C16H20N4O4S. The molecule has 0 spiro atoms. The number of ether oxygens (including phenoxy) is 1. The number of aromatic nitrogens is 1. The molecule has 2 aromatic rings. The highest BCUT2D eigenvalue weighted by Gasteiger charge is 2.25. The van der Waals surface area contributed by atoms with Gasteiger partial charge in [-0.15, -0.1) is 11.3 Å². The van der Waals surface area contributed by atoms with Crippen LogP contribution >= 0.6 is 11.3 Å². The summed E-state index contributed by atoms with van der Waals surface area (Å²) in [6.45, 7) is 4.98. The van der Waals surface area contributed by atoms with Crippen LogP contribution in [0.2, 0.25) is 0 Å².